The Bertz CT molecular complexity index is 1370. The predicted molar refractivity (Wildman–Crippen MR) is 122 cm³/mol. The van der Waals surface area contributed by atoms with Crippen LogP contribution in [0.1, 0.15) is 22.0 Å². The Morgan fingerprint density at radius 3 is 2.66 bits per heavy atom. The van der Waals surface area contributed by atoms with Crippen LogP contribution < -0.4 is 10.1 Å². The van der Waals surface area contributed by atoms with Crippen LogP contribution in [0.25, 0.3) is 33.3 Å². The molecule has 0 radical (unpaired) electrons. The number of nitrogens with zero attached hydrogens (tertiary/aromatic N) is 1. The number of aromatic amines is 1. The molecule has 0 bridgehead atoms. The van der Waals surface area contributed by atoms with Crippen LogP contribution in [0.2, 0.25) is 0 Å². The van der Waals surface area contributed by atoms with Crippen molar-refractivity contribution in [3.63, 3.8) is 0 Å². The van der Waals surface area contributed by atoms with Crippen LogP contribution >= 0.6 is 0 Å². The van der Waals surface area contributed by atoms with Crippen molar-refractivity contribution in [2.75, 3.05) is 13.7 Å². The second-order valence-corrected chi connectivity index (χ2v) is 7.41. The average molecular weight is 427 g/mol. The molecule has 0 saturated carbocycles. The molecule has 7 heteroatoms. The van der Waals surface area contributed by atoms with E-state index in [4.69, 9.17) is 9.15 Å². The number of amides is 1. The lowest BCUT2D eigenvalue weighted by Crippen LogP contribution is -2.31. The van der Waals surface area contributed by atoms with Gasteiger partial charge < -0.3 is 19.6 Å². The maximum atomic E-state index is 13.2. The quantitative estimate of drug-likeness (QED) is 0.372. The van der Waals surface area contributed by atoms with E-state index < -0.39 is 6.04 Å². The highest BCUT2D eigenvalue weighted by molar-refractivity contribution is 6.07. The summed E-state index contributed by atoms with van der Waals surface area (Å²) in [6, 6.07) is 21.9. The maximum Gasteiger partial charge on any atom is 0.255 e. The molecular formula is C25H21N3O4. The number of fused-ring (bicyclic) bond motifs is 2. The minimum Gasteiger partial charge on any atom is -0.495 e. The van der Waals surface area contributed by atoms with Crippen molar-refractivity contribution in [2.45, 2.75) is 6.04 Å². The van der Waals surface area contributed by atoms with E-state index in [-0.39, 0.29) is 12.5 Å². The number of methoxy groups -OCH3 is 1. The first kappa shape index (κ1) is 19.8. The Hall–Kier alpha value is -4.10. The van der Waals surface area contributed by atoms with Gasteiger partial charge >= 0.3 is 0 Å². The van der Waals surface area contributed by atoms with E-state index >= 15 is 0 Å². The molecule has 5 aromatic rings. The summed E-state index contributed by atoms with van der Waals surface area (Å²) in [5, 5.41) is 21.7. The van der Waals surface area contributed by atoms with E-state index in [1.54, 1.807) is 12.1 Å². The summed E-state index contributed by atoms with van der Waals surface area (Å²) in [6.07, 6.45) is 0. The van der Waals surface area contributed by atoms with Crippen molar-refractivity contribution in [2.24, 2.45) is 0 Å². The molecule has 5 rings (SSSR count). The normalized spacial score (nSPS) is 12.2. The van der Waals surface area contributed by atoms with E-state index in [1.165, 1.54) is 7.11 Å². The Morgan fingerprint density at radius 2 is 1.91 bits per heavy atom. The van der Waals surface area contributed by atoms with Crippen LogP contribution in [0.5, 0.6) is 5.75 Å². The molecule has 2 heterocycles. The van der Waals surface area contributed by atoms with E-state index in [1.807, 2.05) is 60.7 Å². The van der Waals surface area contributed by atoms with Gasteiger partial charge in [-0.25, -0.2) is 0 Å². The Labute approximate surface area is 183 Å². The number of ether oxygens (including phenoxy) is 1. The molecule has 0 aliphatic rings. The number of aliphatic hydroxyl groups is 1. The van der Waals surface area contributed by atoms with Gasteiger partial charge in [-0.05, 0) is 29.8 Å². The molecule has 1 amide bonds. The zero-order chi connectivity index (χ0) is 22.1. The van der Waals surface area contributed by atoms with Gasteiger partial charge in [0.05, 0.1) is 36.2 Å². The molecule has 0 fully saturated rings. The molecule has 3 N–H and O–H groups in total. The smallest absolute Gasteiger partial charge is 0.255 e. The highest BCUT2D eigenvalue weighted by Crippen LogP contribution is 2.38. The Balaban J connectivity index is 1.57. The highest BCUT2D eigenvalue weighted by atomic mass is 16.5. The van der Waals surface area contributed by atoms with Crippen molar-refractivity contribution in [3.05, 3.63) is 83.9 Å². The molecule has 2 aromatic heterocycles. The first-order valence-electron chi connectivity index (χ1n) is 10.2. The molecule has 0 saturated heterocycles. The molecule has 1 atom stereocenters. The number of H-pyrrole nitrogens is 1. The molecular weight excluding hydrogens is 406 g/mol. The second-order valence-electron chi connectivity index (χ2n) is 7.41. The van der Waals surface area contributed by atoms with Crippen molar-refractivity contribution in [1.82, 2.24) is 15.5 Å². The first-order valence-corrected chi connectivity index (χ1v) is 10.2. The van der Waals surface area contributed by atoms with E-state index in [0.717, 1.165) is 16.5 Å². The molecule has 0 aliphatic carbocycles. The number of benzene rings is 3. The topological polar surface area (TPSA) is 100 Å². The van der Waals surface area contributed by atoms with Gasteiger partial charge in [0.1, 0.15) is 17.0 Å². The molecule has 0 spiro atoms. The largest absolute Gasteiger partial charge is 0.495 e. The number of aliphatic hydroxyl groups excluding tert-OH is 1. The fraction of sp³-hybridized carbons (Fsp3) is 0.120. The van der Waals surface area contributed by atoms with Gasteiger partial charge in [0.15, 0.2) is 5.76 Å². The van der Waals surface area contributed by atoms with Crippen LogP contribution in [0, 0.1) is 0 Å². The maximum absolute atomic E-state index is 13.2. The van der Waals surface area contributed by atoms with Gasteiger partial charge in [0.25, 0.3) is 5.91 Å². The molecule has 32 heavy (non-hydrogen) atoms. The minimum absolute atomic E-state index is 0.226. The summed E-state index contributed by atoms with van der Waals surface area (Å²) in [5.41, 5.74) is 3.19. The second kappa shape index (κ2) is 8.20. The number of furan rings is 1. The number of carbonyl (C=O) groups excluding carboxylic acids is 1. The van der Waals surface area contributed by atoms with Gasteiger partial charge in [-0.2, -0.15) is 5.10 Å². The number of carbonyl (C=O) groups is 1. The standard InChI is InChI=1S/C25H21N3O4/c1-31-24-17(25(30)26-19(14-29)15-7-3-2-4-8-15)11-12-18-22(24)23(28-27-18)21-13-16-9-5-6-10-20(16)32-21/h2-13,19,29H,14H2,1H3,(H,26,30)(H,27,28). The first-order chi connectivity index (χ1) is 15.7. The Kier molecular flexibility index (Phi) is 5.09. The summed E-state index contributed by atoms with van der Waals surface area (Å²) >= 11 is 0. The molecule has 7 nitrogen and oxygen atoms in total. The number of aromatic nitrogens is 2. The fourth-order valence-electron chi connectivity index (χ4n) is 3.91. The van der Waals surface area contributed by atoms with Gasteiger partial charge in [-0.15, -0.1) is 0 Å². The minimum atomic E-state index is -0.539. The molecule has 160 valence electrons. The van der Waals surface area contributed by atoms with Crippen molar-refractivity contribution in [3.8, 4) is 17.2 Å². The van der Waals surface area contributed by atoms with Crippen LogP contribution in [0.4, 0.5) is 0 Å². The zero-order valence-electron chi connectivity index (χ0n) is 17.3. The third kappa shape index (κ3) is 3.38. The van der Waals surface area contributed by atoms with E-state index in [2.05, 4.69) is 15.5 Å². The van der Waals surface area contributed by atoms with Gasteiger partial charge in [-0.3, -0.25) is 9.89 Å². The Morgan fingerprint density at radius 1 is 1.12 bits per heavy atom. The zero-order valence-corrected chi connectivity index (χ0v) is 17.3. The van der Waals surface area contributed by atoms with Gasteiger partial charge in [0, 0.05) is 5.39 Å². The monoisotopic (exact) mass is 427 g/mol. The van der Waals surface area contributed by atoms with Gasteiger partial charge in [-0.1, -0.05) is 48.5 Å². The summed E-state index contributed by atoms with van der Waals surface area (Å²) in [4.78, 5) is 13.2. The van der Waals surface area contributed by atoms with Crippen LogP contribution in [-0.4, -0.2) is 34.9 Å². The summed E-state index contributed by atoms with van der Waals surface area (Å²) in [5.74, 6) is 0.624. The number of nitrogens with one attached hydrogen (secondary N) is 2. The molecule has 0 aliphatic heterocycles. The lowest BCUT2D eigenvalue weighted by Gasteiger charge is -2.18. The third-order valence-corrected chi connectivity index (χ3v) is 5.48. The number of hydrogen-bond acceptors (Lipinski definition) is 5. The summed E-state index contributed by atoms with van der Waals surface area (Å²) in [7, 11) is 1.52. The van der Waals surface area contributed by atoms with Crippen LogP contribution in [0.15, 0.2) is 77.2 Å². The van der Waals surface area contributed by atoms with Crippen molar-refractivity contribution < 1.29 is 19.1 Å². The SMILES string of the molecule is COc1c(C(=O)NC(CO)c2ccccc2)ccc2n[nH]c(-c3cc4ccccc4o3)c12. The summed E-state index contributed by atoms with van der Waals surface area (Å²) in [6.45, 7) is -0.226. The van der Waals surface area contributed by atoms with Crippen LogP contribution in [-0.2, 0) is 0 Å². The average Bonchev–Trinajstić information content (AvgIpc) is 3.46. The fourth-order valence-corrected chi connectivity index (χ4v) is 3.91. The van der Waals surface area contributed by atoms with E-state index in [9.17, 15) is 9.90 Å². The highest BCUT2D eigenvalue weighted by Gasteiger charge is 2.23. The van der Waals surface area contributed by atoms with Gasteiger partial charge in [0.2, 0.25) is 0 Å². The lowest BCUT2D eigenvalue weighted by atomic mass is 10.0. The third-order valence-electron chi connectivity index (χ3n) is 5.48. The van der Waals surface area contributed by atoms with Crippen molar-refractivity contribution in [1.29, 1.82) is 0 Å². The molecule has 1 unspecified atom stereocenters. The summed E-state index contributed by atoms with van der Waals surface area (Å²) < 4.78 is 11.7. The lowest BCUT2D eigenvalue weighted by molar-refractivity contribution is 0.0913. The number of rotatable bonds is 6. The van der Waals surface area contributed by atoms with Crippen LogP contribution in [0.3, 0.4) is 0 Å². The van der Waals surface area contributed by atoms with Crippen molar-refractivity contribution >= 4 is 27.8 Å². The number of para-hydroxylation sites is 1. The number of hydrogen-bond donors (Lipinski definition) is 3. The van der Waals surface area contributed by atoms with E-state index in [0.29, 0.717) is 33.7 Å². The predicted octanol–water partition coefficient (Wildman–Crippen LogP) is 4.45. The molecule has 3 aromatic carbocycles.